The van der Waals surface area contributed by atoms with Crippen LogP contribution in [0.5, 0.6) is 0 Å². The highest BCUT2D eigenvalue weighted by molar-refractivity contribution is 5.94. The number of likely N-dealkylation sites (N-methyl/N-ethyl adjacent to an activating group) is 1. The van der Waals surface area contributed by atoms with E-state index in [9.17, 15) is 4.79 Å². The molecule has 1 aliphatic heterocycles. The summed E-state index contributed by atoms with van der Waals surface area (Å²) in [5.74, 6) is 0.137. The first-order valence-corrected chi connectivity index (χ1v) is 6.35. The summed E-state index contributed by atoms with van der Waals surface area (Å²) in [6, 6.07) is 8.22. The van der Waals surface area contributed by atoms with E-state index in [-0.39, 0.29) is 5.91 Å². The maximum Gasteiger partial charge on any atom is 0.253 e. The summed E-state index contributed by atoms with van der Waals surface area (Å²) >= 11 is 0. The molecule has 1 aromatic carbocycles. The normalized spacial score (nSPS) is 19.1. The van der Waals surface area contributed by atoms with Gasteiger partial charge in [0.1, 0.15) is 0 Å². The van der Waals surface area contributed by atoms with Crippen LogP contribution >= 0.6 is 0 Å². The summed E-state index contributed by atoms with van der Waals surface area (Å²) in [7, 11) is 5.94. The lowest BCUT2D eigenvalue weighted by atomic mass is 10.2. The van der Waals surface area contributed by atoms with Crippen molar-refractivity contribution < 1.29 is 4.79 Å². The average Bonchev–Trinajstić information content (AvgIpc) is 2.86. The highest BCUT2D eigenvalue weighted by Crippen LogP contribution is 2.16. The third kappa shape index (κ3) is 2.64. The quantitative estimate of drug-likeness (QED) is 0.871. The Kier molecular flexibility index (Phi) is 3.87. The number of rotatable bonds is 3. The molecule has 1 fully saturated rings. The molecule has 1 atom stereocenters. The molecule has 1 saturated heterocycles. The zero-order chi connectivity index (χ0) is 13.1. The van der Waals surface area contributed by atoms with E-state index >= 15 is 0 Å². The van der Waals surface area contributed by atoms with Gasteiger partial charge < -0.3 is 15.1 Å². The van der Waals surface area contributed by atoms with Gasteiger partial charge in [0.05, 0.1) is 0 Å². The van der Waals surface area contributed by atoms with Crippen LogP contribution in [0.15, 0.2) is 24.3 Å². The van der Waals surface area contributed by atoms with Gasteiger partial charge in [-0.05, 0) is 37.7 Å². The van der Waals surface area contributed by atoms with E-state index in [0.717, 1.165) is 30.8 Å². The summed E-state index contributed by atoms with van der Waals surface area (Å²) < 4.78 is 0. The Hall–Kier alpha value is -1.55. The molecule has 1 aromatic rings. The van der Waals surface area contributed by atoms with Gasteiger partial charge in [-0.25, -0.2) is 0 Å². The van der Waals surface area contributed by atoms with E-state index in [0.29, 0.717) is 6.04 Å². The lowest BCUT2D eigenvalue weighted by Crippen LogP contribution is -2.33. The van der Waals surface area contributed by atoms with Crippen LogP contribution in [0.4, 0.5) is 5.69 Å². The van der Waals surface area contributed by atoms with Gasteiger partial charge in [-0.3, -0.25) is 4.79 Å². The summed E-state index contributed by atoms with van der Waals surface area (Å²) in [6.07, 6.45) is 1.04. The molecule has 2 rings (SSSR count). The van der Waals surface area contributed by atoms with Crippen molar-refractivity contribution in [1.82, 2.24) is 10.2 Å². The van der Waals surface area contributed by atoms with Crippen LogP contribution in [0, 0.1) is 0 Å². The van der Waals surface area contributed by atoms with E-state index in [1.807, 2.05) is 55.2 Å². The molecule has 1 amide bonds. The molecule has 98 valence electrons. The maximum absolute atomic E-state index is 12.3. The minimum Gasteiger partial charge on any atom is -0.378 e. The fourth-order valence-electron chi connectivity index (χ4n) is 2.27. The number of amides is 1. The SMILES string of the molecule is CNC1CCN(C(=O)c2ccc(N(C)C)cc2)C1. The molecule has 4 nitrogen and oxygen atoms in total. The van der Waals surface area contributed by atoms with Gasteiger partial charge in [0.25, 0.3) is 5.91 Å². The molecule has 0 spiro atoms. The third-order valence-electron chi connectivity index (χ3n) is 3.51. The van der Waals surface area contributed by atoms with Crippen molar-refractivity contribution in [2.45, 2.75) is 12.5 Å². The molecule has 1 unspecified atom stereocenters. The first kappa shape index (κ1) is 12.9. The van der Waals surface area contributed by atoms with Crippen molar-refractivity contribution in [1.29, 1.82) is 0 Å². The van der Waals surface area contributed by atoms with E-state index in [1.54, 1.807) is 0 Å². The Morgan fingerprint density at radius 1 is 1.33 bits per heavy atom. The largest absolute Gasteiger partial charge is 0.378 e. The van der Waals surface area contributed by atoms with Crippen molar-refractivity contribution in [3.05, 3.63) is 29.8 Å². The zero-order valence-corrected chi connectivity index (χ0v) is 11.3. The number of likely N-dealkylation sites (tertiary alicyclic amines) is 1. The van der Waals surface area contributed by atoms with Gasteiger partial charge >= 0.3 is 0 Å². The summed E-state index contributed by atoms with van der Waals surface area (Å²) in [5.41, 5.74) is 1.89. The van der Waals surface area contributed by atoms with Gasteiger partial charge in [-0.1, -0.05) is 0 Å². The van der Waals surface area contributed by atoms with Gasteiger partial charge in [-0.15, -0.1) is 0 Å². The van der Waals surface area contributed by atoms with Gasteiger partial charge in [0, 0.05) is 44.5 Å². The number of carbonyl (C=O) groups excluding carboxylic acids is 1. The second-order valence-corrected chi connectivity index (χ2v) is 4.97. The fourth-order valence-corrected chi connectivity index (χ4v) is 2.27. The van der Waals surface area contributed by atoms with Gasteiger partial charge in [0.2, 0.25) is 0 Å². The van der Waals surface area contributed by atoms with E-state index < -0.39 is 0 Å². The molecule has 1 aliphatic rings. The predicted molar refractivity (Wildman–Crippen MR) is 74.1 cm³/mol. The molecule has 4 heteroatoms. The molecule has 1 N–H and O–H groups in total. The summed E-state index contributed by atoms with van der Waals surface area (Å²) in [6.45, 7) is 1.66. The van der Waals surface area contributed by atoms with Crippen LogP contribution < -0.4 is 10.2 Å². The van der Waals surface area contributed by atoms with Crippen LogP contribution in [0.3, 0.4) is 0 Å². The van der Waals surface area contributed by atoms with Crippen molar-refractivity contribution in [2.75, 3.05) is 39.1 Å². The second kappa shape index (κ2) is 5.40. The number of nitrogens with zero attached hydrogens (tertiary/aromatic N) is 2. The minimum atomic E-state index is 0.137. The number of nitrogens with one attached hydrogen (secondary N) is 1. The Balaban J connectivity index is 2.05. The Labute approximate surface area is 109 Å². The molecule has 0 bridgehead atoms. The topological polar surface area (TPSA) is 35.6 Å². The van der Waals surface area contributed by atoms with Gasteiger partial charge in [-0.2, -0.15) is 0 Å². The van der Waals surface area contributed by atoms with E-state index in [4.69, 9.17) is 0 Å². The van der Waals surface area contributed by atoms with Crippen molar-refractivity contribution >= 4 is 11.6 Å². The van der Waals surface area contributed by atoms with Crippen LogP contribution in [-0.4, -0.2) is 51.1 Å². The van der Waals surface area contributed by atoms with Crippen molar-refractivity contribution in [3.63, 3.8) is 0 Å². The fraction of sp³-hybridized carbons (Fsp3) is 0.500. The van der Waals surface area contributed by atoms with Crippen LogP contribution in [-0.2, 0) is 0 Å². The maximum atomic E-state index is 12.3. The third-order valence-corrected chi connectivity index (χ3v) is 3.51. The predicted octanol–water partition coefficient (Wildman–Crippen LogP) is 1.19. The molecule has 0 saturated carbocycles. The highest BCUT2D eigenvalue weighted by atomic mass is 16.2. The molecule has 1 heterocycles. The van der Waals surface area contributed by atoms with E-state index in [1.165, 1.54) is 0 Å². The molecular formula is C14H21N3O. The van der Waals surface area contributed by atoms with Crippen LogP contribution in [0.1, 0.15) is 16.8 Å². The van der Waals surface area contributed by atoms with Crippen LogP contribution in [0.2, 0.25) is 0 Å². The minimum absolute atomic E-state index is 0.137. The Morgan fingerprint density at radius 2 is 2.00 bits per heavy atom. The van der Waals surface area contributed by atoms with Crippen molar-refractivity contribution in [2.24, 2.45) is 0 Å². The van der Waals surface area contributed by atoms with Gasteiger partial charge in [0.15, 0.2) is 0 Å². The summed E-state index contributed by atoms with van der Waals surface area (Å²) in [5, 5.41) is 3.22. The molecule has 18 heavy (non-hydrogen) atoms. The number of hydrogen-bond donors (Lipinski definition) is 1. The number of carbonyl (C=O) groups is 1. The zero-order valence-electron chi connectivity index (χ0n) is 11.3. The summed E-state index contributed by atoms with van der Waals surface area (Å²) in [4.78, 5) is 16.2. The smallest absolute Gasteiger partial charge is 0.253 e. The number of anilines is 1. The molecular weight excluding hydrogens is 226 g/mol. The van der Waals surface area contributed by atoms with Crippen LogP contribution in [0.25, 0.3) is 0 Å². The monoisotopic (exact) mass is 247 g/mol. The number of hydrogen-bond acceptors (Lipinski definition) is 3. The molecule has 0 aromatic heterocycles. The standard InChI is InChI=1S/C14H21N3O/c1-15-12-8-9-17(10-12)14(18)11-4-6-13(7-5-11)16(2)3/h4-7,12,15H,8-10H2,1-3H3. The first-order chi connectivity index (χ1) is 8.61. The lowest BCUT2D eigenvalue weighted by Gasteiger charge is -2.17. The first-order valence-electron chi connectivity index (χ1n) is 6.35. The Bertz CT molecular complexity index is 414. The average molecular weight is 247 g/mol. The van der Waals surface area contributed by atoms with E-state index in [2.05, 4.69) is 5.32 Å². The molecule has 0 aliphatic carbocycles. The highest BCUT2D eigenvalue weighted by Gasteiger charge is 2.25. The lowest BCUT2D eigenvalue weighted by molar-refractivity contribution is 0.0790. The Morgan fingerprint density at radius 3 is 2.50 bits per heavy atom. The second-order valence-electron chi connectivity index (χ2n) is 4.97. The number of benzene rings is 1. The molecule has 0 radical (unpaired) electrons. The van der Waals surface area contributed by atoms with Crippen molar-refractivity contribution in [3.8, 4) is 0 Å².